The van der Waals surface area contributed by atoms with E-state index in [4.69, 9.17) is 0 Å². The normalized spacial score (nSPS) is 18.0. The smallest absolute Gasteiger partial charge is 0.355 e. The second kappa shape index (κ2) is 5.52. The zero-order valence-electron chi connectivity index (χ0n) is 9.68. The highest BCUT2D eigenvalue weighted by Crippen LogP contribution is 2.08. The van der Waals surface area contributed by atoms with E-state index in [1.165, 1.54) is 0 Å². The molecule has 7 heteroatoms. The van der Waals surface area contributed by atoms with Gasteiger partial charge in [-0.15, -0.1) is 0 Å². The number of hydrogen-bond acceptors (Lipinski definition) is 7. The van der Waals surface area contributed by atoms with Crippen molar-refractivity contribution in [2.75, 3.05) is 13.1 Å². The summed E-state index contributed by atoms with van der Waals surface area (Å²) in [4.78, 5) is 41.6. The maximum absolute atomic E-state index is 11.4. The standard InChI is InChI=1S/C11H12N2O5/c14-9(7-3-1-5-12-7)17-11(16)18-10(15)8-4-2-6-13-8/h1-6H2. The molecule has 0 amide bonds. The van der Waals surface area contributed by atoms with Crippen LogP contribution in [0.5, 0.6) is 0 Å². The van der Waals surface area contributed by atoms with Crippen LogP contribution in [0.1, 0.15) is 25.7 Å². The van der Waals surface area contributed by atoms with Gasteiger partial charge in [0.2, 0.25) is 0 Å². The number of aliphatic imine (C=N–C) groups is 2. The molecule has 0 aromatic rings. The van der Waals surface area contributed by atoms with Crippen molar-refractivity contribution < 1.29 is 23.9 Å². The van der Waals surface area contributed by atoms with Gasteiger partial charge in [0.1, 0.15) is 11.4 Å². The lowest BCUT2D eigenvalue weighted by molar-refractivity contribution is -0.138. The van der Waals surface area contributed by atoms with Crippen molar-refractivity contribution in [1.29, 1.82) is 0 Å². The van der Waals surface area contributed by atoms with Gasteiger partial charge in [-0.3, -0.25) is 9.98 Å². The molecule has 7 nitrogen and oxygen atoms in total. The van der Waals surface area contributed by atoms with Gasteiger partial charge in [-0.1, -0.05) is 0 Å². The molecule has 0 saturated heterocycles. The Bertz CT molecular complexity index is 412. The highest BCUT2D eigenvalue weighted by molar-refractivity contribution is 6.40. The third-order valence-electron chi connectivity index (χ3n) is 2.57. The van der Waals surface area contributed by atoms with E-state index < -0.39 is 18.1 Å². The predicted molar refractivity (Wildman–Crippen MR) is 60.7 cm³/mol. The zero-order chi connectivity index (χ0) is 13.0. The number of rotatable bonds is 2. The fraction of sp³-hybridized carbons (Fsp3) is 0.545. The number of ether oxygens (including phenoxy) is 2. The maximum atomic E-state index is 11.4. The first-order valence-corrected chi connectivity index (χ1v) is 5.72. The molecule has 0 bridgehead atoms. The van der Waals surface area contributed by atoms with Gasteiger partial charge in [0, 0.05) is 13.1 Å². The molecule has 2 aliphatic rings. The summed E-state index contributed by atoms with van der Waals surface area (Å²) in [6.07, 6.45) is 1.15. The molecule has 0 unspecified atom stereocenters. The molecule has 0 radical (unpaired) electrons. The van der Waals surface area contributed by atoms with Crippen molar-refractivity contribution in [2.24, 2.45) is 9.98 Å². The third-order valence-corrected chi connectivity index (χ3v) is 2.57. The highest BCUT2D eigenvalue weighted by atomic mass is 16.8. The third kappa shape index (κ3) is 2.99. The monoisotopic (exact) mass is 252 g/mol. The predicted octanol–water partition coefficient (Wildman–Crippen LogP) is 0.662. The van der Waals surface area contributed by atoms with Gasteiger partial charge in [0.25, 0.3) is 0 Å². The number of carbonyl (C=O) groups excluding carboxylic acids is 3. The summed E-state index contributed by atoms with van der Waals surface area (Å²) in [6.45, 7) is 1.10. The lowest BCUT2D eigenvalue weighted by atomic mass is 10.2. The molecule has 96 valence electrons. The highest BCUT2D eigenvalue weighted by Gasteiger charge is 2.25. The number of carbonyl (C=O) groups is 3. The largest absolute Gasteiger partial charge is 0.524 e. The lowest BCUT2D eigenvalue weighted by Crippen LogP contribution is -2.25. The lowest BCUT2D eigenvalue weighted by Gasteiger charge is -2.02. The molecule has 2 rings (SSSR count). The summed E-state index contributed by atoms with van der Waals surface area (Å²) in [5.74, 6) is -1.70. The van der Waals surface area contributed by atoms with Crippen molar-refractivity contribution >= 4 is 29.5 Å². The Hall–Kier alpha value is -2.05. The average molecular weight is 252 g/mol. The first kappa shape index (κ1) is 12.4. The van der Waals surface area contributed by atoms with Crippen LogP contribution < -0.4 is 0 Å². The van der Waals surface area contributed by atoms with E-state index in [0.29, 0.717) is 25.9 Å². The summed E-state index contributed by atoms with van der Waals surface area (Å²) in [7, 11) is 0. The Morgan fingerprint density at radius 1 is 0.833 bits per heavy atom. The minimum atomic E-state index is -1.32. The van der Waals surface area contributed by atoms with Crippen LogP contribution in [0.2, 0.25) is 0 Å². The Morgan fingerprint density at radius 3 is 1.61 bits per heavy atom. The Balaban J connectivity index is 1.81. The Morgan fingerprint density at radius 2 is 1.28 bits per heavy atom. The van der Waals surface area contributed by atoms with Crippen LogP contribution in [-0.2, 0) is 19.1 Å². The van der Waals surface area contributed by atoms with Crippen LogP contribution in [0, 0.1) is 0 Å². The second-order valence-electron chi connectivity index (χ2n) is 3.89. The van der Waals surface area contributed by atoms with Crippen LogP contribution in [0.15, 0.2) is 9.98 Å². The van der Waals surface area contributed by atoms with Crippen molar-refractivity contribution in [3.05, 3.63) is 0 Å². The van der Waals surface area contributed by atoms with Crippen molar-refractivity contribution in [2.45, 2.75) is 25.7 Å². The van der Waals surface area contributed by atoms with Gasteiger partial charge in [0.05, 0.1) is 0 Å². The van der Waals surface area contributed by atoms with Crippen molar-refractivity contribution in [3.63, 3.8) is 0 Å². The molecule has 0 aromatic carbocycles. The molecule has 0 aromatic heterocycles. The van der Waals surface area contributed by atoms with Gasteiger partial charge >= 0.3 is 18.1 Å². The average Bonchev–Trinajstić information content (AvgIpc) is 3.02. The molecular formula is C11H12N2O5. The van der Waals surface area contributed by atoms with E-state index >= 15 is 0 Å². The van der Waals surface area contributed by atoms with Crippen molar-refractivity contribution in [3.8, 4) is 0 Å². The first-order chi connectivity index (χ1) is 8.66. The van der Waals surface area contributed by atoms with Gasteiger partial charge in [-0.25, -0.2) is 14.4 Å². The van der Waals surface area contributed by atoms with Gasteiger partial charge in [-0.05, 0) is 25.7 Å². The van der Waals surface area contributed by atoms with Crippen molar-refractivity contribution in [1.82, 2.24) is 0 Å². The minimum Gasteiger partial charge on any atom is -0.355 e. The van der Waals surface area contributed by atoms with E-state index in [2.05, 4.69) is 19.5 Å². The molecule has 0 saturated carbocycles. The Kier molecular flexibility index (Phi) is 3.81. The summed E-state index contributed by atoms with van der Waals surface area (Å²) < 4.78 is 8.72. The van der Waals surface area contributed by atoms with Crippen LogP contribution >= 0.6 is 0 Å². The molecule has 0 aliphatic carbocycles. The molecule has 0 spiro atoms. The van der Waals surface area contributed by atoms with E-state index in [-0.39, 0.29) is 11.4 Å². The molecule has 2 aliphatic heterocycles. The van der Waals surface area contributed by atoms with Gasteiger partial charge in [-0.2, -0.15) is 0 Å². The molecular weight excluding hydrogens is 240 g/mol. The number of esters is 2. The van der Waals surface area contributed by atoms with Gasteiger partial charge in [0.15, 0.2) is 0 Å². The van der Waals surface area contributed by atoms with E-state index in [1.807, 2.05) is 0 Å². The fourth-order valence-electron chi connectivity index (χ4n) is 1.70. The summed E-state index contributed by atoms with van der Waals surface area (Å²) in [5, 5.41) is 0. The van der Waals surface area contributed by atoms with Crippen LogP contribution in [0.25, 0.3) is 0 Å². The summed E-state index contributed by atoms with van der Waals surface area (Å²) in [5.41, 5.74) is 0.412. The molecule has 2 heterocycles. The second-order valence-corrected chi connectivity index (χ2v) is 3.89. The van der Waals surface area contributed by atoms with Crippen LogP contribution in [0.4, 0.5) is 4.79 Å². The minimum absolute atomic E-state index is 0.206. The molecule has 0 atom stereocenters. The molecule has 0 N–H and O–H groups in total. The maximum Gasteiger partial charge on any atom is 0.524 e. The van der Waals surface area contributed by atoms with E-state index in [9.17, 15) is 14.4 Å². The van der Waals surface area contributed by atoms with Crippen LogP contribution in [-0.4, -0.2) is 42.6 Å². The number of hydrogen-bond donors (Lipinski definition) is 0. The topological polar surface area (TPSA) is 94.4 Å². The SMILES string of the molecule is O=C(OC(=O)C1=NCCC1)OC(=O)C1=NCCC1. The van der Waals surface area contributed by atoms with E-state index in [0.717, 1.165) is 12.8 Å². The molecule has 0 fully saturated rings. The fourth-order valence-corrected chi connectivity index (χ4v) is 1.70. The van der Waals surface area contributed by atoms with E-state index in [1.54, 1.807) is 0 Å². The van der Waals surface area contributed by atoms with Crippen LogP contribution in [0.3, 0.4) is 0 Å². The van der Waals surface area contributed by atoms with Gasteiger partial charge < -0.3 is 9.47 Å². The summed E-state index contributed by atoms with van der Waals surface area (Å²) >= 11 is 0. The quantitative estimate of drug-likeness (QED) is 0.531. The number of nitrogens with zero attached hydrogens (tertiary/aromatic N) is 2. The summed E-state index contributed by atoms with van der Waals surface area (Å²) in [6, 6.07) is 0. The zero-order valence-corrected chi connectivity index (χ0v) is 9.68. The first-order valence-electron chi connectivity index (χ1n) is 5.72. The Labute approximate surface area is 103 Å². The molecule has 18 heavy (non-hydrogen) atoms.